The molecular weight excluding hydrogens is 506 g/mol. The molecule has 0 saturated carbocycles. The van der Waals surface area contributed by atoms with E-state index in [1.807, 2.05) is 90.6 Å². The Kier molecular flexibility index (Phi) is 6.04. The van der Waals surface area contributed by atoms with Crippen LogP contribution in [0.4, 0.5) is 0 Å². The van der Waals surface area contributed by atoms with Crippen LogP contribution in [-0.4, -0.2) is 31.0 Å². The summed E-state index contributed by atoms with van der Waals surface area (Å²) in [5, 5.41) is 9.92. The minimum Gasteiger partial charge on any atom is -0.494 e. The van der Waals surface area contributed by atoms with E-state index in [9.17, 15) is 4.79 Å². The smallest absolute Gasteiger partial charge is 0.291 e. The third-order valence-electron chi connectivity index (χ3n) is 5.77. The molecule has 37 heavy (non-hydrogen) atoms. The van der Waals surface area contributed by atoms with E-state index >= 15 is 0 Å². The first-order valence-electron chi connectivity index (χ1n) is 11.6. The van der Waals surface area contributed by atoms with Gasteiger partial charge >= 0.3 is 0 Å². The number of rotatable bonds is 6. The molecule has 3 aromatic carbocycles. The minimum atomic E-state index is -0.224. The van der Waals surface area contributed by atoms with Crippen LogP contribution in [0.25, 0.3) is 39.4 Å². The van der Waals surface area contributed by atoms with E-state index in [1.54, 1.807) is 12.1 Å². The van der Waals surface area contributed by atoms with Crippen LogP contribution in [0.3, 0.4) is 0 Å². The van der Waals surface area contributed by atoms with Gasteiger partial charge in [-0.05, 0) is 73.7 Å². The summed E-state index contributed by atoms with van der Waals surface area (Å²) < 4.78 is 9.28. The van der Waals surface area contributed by atoms with Gasteiger partial charge in [-0.2, -0.15) is 14.6 Å². The van der Waals surface area contributed by atoms with Gasteiger partial charge in [0.1, 0.15) is 11.4 Å². The van der Waals surface area contributed by atoms with Crippen molar-refractivity contribution in [3.05, 3.63) is 111 Å². The lowest BCUT2D eigenvalue weighted by molar-refractivity contribution is 0.340. The molecule has 0 bridgehead atoms. The number of ether oxygens (including phenoxy) is 1. The lowest BCUT2D eigenvalue weighted by Crippen LogP contribution is -2.23. The van der Waals surface area contributed by atoms with Crippen molar-refractivity contribution in [3.63, 3.8) is 0 Å². The molecule has 0 saturated heterocycles. The number of benzene rings is 3. The van der Waals surface area contributed by atoms with Crippen molar-refractivity contribution in [2.45, 2.75) is 6.92 Å². The Morgan fingerprint density at radius 1 is 0.946 bits per heavy atom. The number of aromatic nitrogens is 5. The van der Waals surface area contributed by atoms with Gasteiger partial charge in [0.25, 0.3) is 5.56 Å². The maximum Gasteiger partial charge on any atom is 0.291 e. The number of halogens is 1. The zero-order valence-corrected chi connectivity index (χ0v) is 21.3. The monoisotopic (exact) mass is 525 g/mol. The Labute approximate surface area is 220 Å². The Balaban J connectivity index is 1.45. The number of fused-ring (bicyclic) bond motifs is 1. The normalized spacial score (nSPS) is 11.9. The summed E-state index contributed by atoms with van der Waals surface area (Å²) in [4.78, 5) is 18.3. The zero-order chi connectivity index (χ0) is 25.4. The fourth-order valence-electron chi connectivity index (χ4n) is 4.00. The van der Waals surface area contributed by atoms with Crippen LogP contribution >= 0.6 is 22.9 Å². The quantitative estimate of drug-likeness (QED) is 0.296. The molecule has 0 aliphatic rings. The van der Waals surface area contributed by atoms with Crippen molar-refractivity contribution < 1.29 is 4.74 Å². The van der Waals surface area contributed by atoms with Crippen LogP contribution in [-0.2, 0) is 0 Å². The molecular formula is C28H20ClN5O2S. The molecule has 9 heteroatoms. The molecule has 7 nitrogen and oxygen atoms in total. The topological polar surface area (TPSA) is 74.3 Å². The zero-order valence-electron chi connectivity index (χ0n) is 19.7. The van der Waals surface area contributed by atoms with E-state index in [-0.39, 0.29) is 5.56 Å². The summed E-state index contributed by atoms with van der Waals surface area (Å²) in [6.07, 6.45) is 3.78. The molecule has 0 aliphatic heterocycles. The summed E-state index contributed by atoms with van der Waals surface area (Å²) in [6, 6.07) is 24.9. The fraction of sp³-hybridized carbons (Fsp3) is 0.0714. The van der Waals surface area contributed by atoms with Gasteiger partial charge in [0.2, 0.25) is 4.96 Å². The van der Waals surface area contributed by atoms with Crippen molar-refractivity contribution in [2.75, 3.05) is 6.61 Å². The maximum absolute atomic E-state index is 13.2. The Morgan fingerprint density at radius 3 is 2.38 bits per heavy atom. The molecule has 0 radical (unpaired) electrons. The summed E-state index contributed by atoms with van der Waals surface area (Å²) >= 11 is 7.28. The highest BCUT2D eigenvalue weighted by Gasteiger charge is 2.15. The first-order valence-corrected chi connectivity index (χ1v) is 12.8. The van der Waals surface area contributed by atoms with E-state index in [0.29, 0.717) is 26.9 Å². The summed E-state index contributed by atoms with van der Waals surface area (Å²) in [7, 11) is 0. The standard InChI is InChI=1S/C28H20ClN5O2S/c1-2-36-23-14-10-18(11-15-23)25-20(17-33(31-25)22-6-4-3-5-7-22)16-24-27(35)34-28(37-24)30-26(32-34)19-8-12-21(29)13-9-19/h3-17H,2H2,1H3/b24-16-. The van der Waals surface area contributed by atoms with E-state index < -0.39 is 0 Å². The summed E-state index contributed by atoms with van der Waals surface area (Å²) in [5.74, 6) is 1.28. The first kappa shape index (κ1) is 23.1. The molecule has 0 amide bonds. The molecule has 3 heterocycles. The van der Waals surface area contributed by atoms with E-state index in [4.69, 9.17) is 21.4 Å². The van der Waals surface area contributed by atoms with Crippen molar-refractivity contribution in [1.82, 2.24) is 24.4 Å². The van der Waals surface area contributed by atoms with Gasteiger partial charge in [-0.25, -0.2) is 4.68 Å². The highest BCUT2D eigenvalue weighted by molar-refractivity contribution is 7.15. The third kappa shape index (κ3) is 4.52. The van der Waals surface area contributed by atoms with Crippen LogP contribution in [0.1, 0.15) is 12.5 Å². The van der Waals surface area contributed by atoms with Gasteiger partial charge < -0.3 is 4.74 Å². The predicted octanol–water partition coefficient (Wildman–Crippen LogP) is 5.27. The number of hydrogen-bond donors (Lipinski definition) is 0. The van der Waals surface area contributed by atoms with Crippen LogP contribution in [0.15, 0.2) is 89.9 Å². The summed E-state index contributed by atoms with van der Waals surface area (Å²) in [6.45, 7) is 2.55. The van der Waals surface area contributed by atoms with Crippen LogP contribution in [0.5, 0.6) is 5.75 Å². The number of thiazole rings is 1. The molecule has 0 fully saturated rings. The molecule has 0 spiro atoms. The number of hydrogen-bond acceptors (Lipinski definition) is 6. The second-order valence-corrected chi connectivity index (χ2v) is 9.67. The van der Waals surface area contributed by atoms with Gasteiger partial charge in [0, 0.05) is 27.9 Å². The SMILES string of the molecule is CCOc1ccc(-c2nn(-c3ccccc3)cc2/C=c2\sc3nc(-c4ccc(Cl)cc4)nn3c2=O)cc1. The number of para-hydroxylation sites is 1. The molecule has 6 rings (SSSR count). The van der Waals surface area contributed by atoms with E-state index in [1.165, 1.54) is 15.9 Å². The molecule has 0 N–H and O–H groups in total. The third-order valence-corrected chi connectivity index (χ3v) is 6.98. The average molecular weight is 526 g/mol. The van der Waals surface area contributed by atoms with Crippen LogP contribution in [0.2, 0.25) is 5.02 Å². The first-order chi connectivity index (χ1) is 18.1. The lowest BCUT2D eigenvalue weighted by atomic mass is 10.1. The van der Waals surface area contributed by atoms with Crippen molar-refractivity contribution in [2.24, 2.45) is 0 Å². The lowest BCUT2D eigenvalue weighted by Gasteiger charge is -2.04. The molecule has 182 valence electrons. The van der Waals surface area contributed by atoms with Gasteiger partial charge in [-0.1, -0.05) is 41.1 Å². The van der Waals surface area contributed by atoms with Crippen molar-refractivity contribution in [1.29, 1.82) is 0 Å². The molecule has 0 aliphatic carbocycles. The Morgan fingerprint density at radius 2 is 1.68 bits per heavy atom. The molecule has 0 unspecified atom stereocenters. The van der Waals surface area contributed by atoms with Gasteiger partial charge in [0.15, 0.2) is 5.82 Å². The maximum atomic E-state index is 13.2. The van der Waals surface area contributed by atoms with Crippen LogP contribution < -0.4 is 14.8 Å². The molecule has 0 atom stereocenters. The minimum absolute atomic E-state index is 0.224. The fourth-order valence-corrected chi connectivity index (χ4v) is 5.03. The molecule has 6 aromatic rings. The second kappa shape index (κ2) is 9.65. The Hall–Kier alpha value is -4.27. The van der Waals surface area contributed by atoms with Crippen molar-refractivity contribution in [3.8, 4) is 34.1 Å². The Bertz CT molecular complexity index is 1810. The van der Waals surface area contributed by atoms with E-state index in [0.717, 1.165) is 33.8 Å². The number of nitrogens with zero attached hydrogens (tertiary/aromatic N) is 5. The van der Waals surface area contributed by atoms with Gasteiger partial charge in [0.05, 0.1) is 16.8 Å². The average Bonchev–Trinajstić information content (AvgIpc) is 3.61. The van der Waals surface area contributed by atoms with Crippen molar-refractivity contribution >= 4 is 34.0 Å². The van der Waals surface area contributed by atoms with Gasteiger partial charge in [-0.15, -0.1) is 5.10 Å². The predicted molar refractivity (Wildman–Crippen MR) is 147 cm³/mol. The second-order valence-electron chi connectivity index (χ2n) is 8.22. The highest BCUT2D eigenvalue weighted by Crippen LogP contribution is 2.27. The van der Waals surface area contributed by atoms with Gasteiger partial charge in [-0.3, -0.25) is 4.79 Å². The van der Waals surface area contributed by atoms with Crippen LogP contribution in [0, 0.1) is 0 Å². The van der Waals surface area contributed by atoms with E-state index in [2.05, 4.69) is 10.1 Å². The molecule has 3 aromatic heterocycles. The largest absolute Gasteiger partial charge is 0.494 e. The highest BCUT2D eigenvalue weighted by atomic mass is 35.5. The summed E-state index contributed by atoms with van der Waals surface area (Å²) in [5.41, 5.74) is 3.98.